The number of rotatable bonds is 3. The molecule has 0 bridgehead atoms. The van der Waals surface area contributed by atoms with E-state index in [0.29, 0.717) is 10.4 Å². The minimum atomic E-state index is -1.16. The summed E-state index contributed by atoms with van der Waals surface area (Å²) in [7, 11) is 0. The summed E-state index contributed by atoms with van der Waals surface area (Å²) in [5, 5.41) is 23.4. The van der Waals surface area contributed by atoms with Crippen molar-refractivity contribution in [1.29, 1.82) is 0 Å². The number of aromatic nitrogens is 2. The lowest BCUT2D eigenvalue weighted by Crippen LogP contribution is -2.38. The van der Waals surface area contributed by atoms with Gasteiger partial charge in [-0.1, -0.05) is 0 Å². The number of aryl methyl sites for hydroxylation is 2. The summed E-state index contributed by atoms with van der Waals surface area (Å²) in [5.74, 6) is -2.13. The zero-order valence-electron chi connectivity index (χ0n) is 13.2. The minimum Gasteiger partial charge on any atom is -0.504 e. The van der Waals surface area contributed by atoms with Crippen LogP contribution in [0.25, 0.3) is 20.2 Å². The molecule has 3 heterocycles. The van der Waals surface area contributed by atoms with Crippen LogP contribution in [0.5, 0.6) is 5.75 Å². The van der Waals surface area contributed by atoms with Gasteiger partial charge in [-0.05, 0) is 26.8 Å². The zero-order valence-corrected chi connectivity index (χ0v) is 14.1. The second-order valence-corrected chi connectivity index (χ2v) is 6.53. The van der Waals surface area contributed by atoms with Crippen LogP contribution in [0.2, 0.25) is 0 Å². The van der Waals surface area contributed by atoms with E-state index in [-0.39, 0.29) is 11.4 Å². The molecule has 0 saturated carbocycles. The van der Waals surface area contributed by atoms with E-state index in [0.717, 1.165) is 21.2 Å². The number of thiophene rings is 1. The maximum atomic E-state index is 12.3. The third-order valence-corrected chi connectivity index (χ3v) is 5.12. The van der Waals surface area contributed by atoms with Crippen LogP contribution in [-0.4, -0.2) is 38.1 Å². The van der Waals surface area contributed by atoms with Crippen LogP contribution in [-0.2, 0) is 4.79 Å². The predicted molar refractivity (Wildman–Crippen MR) is 90.6 cm³/mol. The number of aliphatic carboxylic acids is 1. The molecule has 0 aromatic carbocycles. The average Bonchev–Trinajstić information content (AvgIpc) is 2.92. The summed E-state index contributed by atoms with van der Waals surface area (Å²) in [5.41, 5.74) is 1.25. The van der Waals surface area contributed by atoms with Gasteiger partial charge >= 0.3 is 5.97 Å². The Bertz CT molecular complexity index is 996. The van der Waals surface area contributed by atoms with Crippen molar-refractivity contribution in [3.05, 3.63) is 29.3 Å². The Kier molecular flexibility index (Phi) is 3.84. The molecular weight excluding hydrogens is 330 g/mol. The molecule has 1 unspecified atom stereocenters. The van der Waals surface area contributed by atoms with Gasteiger partial charge in [0.1, 0.15) is 6.04 Å². The number of carboxylic acid groups (broad SMARTS) is 1. The molecule has 3 rings (SSSR count). The molecule has 3 aromatic rings. The molecule has 0 fully saturated rings. The van der Waals surface area contributed by atoms with Crippen molar-refractivity contribution in [2.75, 3.05) is 0 Å². The van der Waals surface area contributed by atoms with Crippen molar-refractivity contribution in [1.82, 2.24) is 15.3 Å². The van der Waals surface area contributed by atoms with Crippen LogP contribution in [0.15, 0.2) is 12.3 Å². The quantitative estimate of drug-likeness (QED) is 0.672. The van der Waals surface area contributed by atoms with E-state index in [4.69, 9.17) is 5.11 Å². The summed E-state index contributed by atoms with van der Waals surface area (Å²) >= 11 is 1.34. The van der Waals surface area contributed by atoms with Crippen LogP contribution in [0, 0.1) is 13.8 Å². The zero-order chi connectivity index (χ0) is 17.6. The van der Waals surface area contributed by atoms with Crippen molar-refractivity contribution in [3.8, 4) is 5.75 Å². The lowest BCUT2D eigenvalue weighted by atomic mass is 10.1. The molecule has 7 nitrogen and oxygen atoms in total. The monoisotopic (exact) mass is 345 g/mol. The second-order valence-electron chi connectivity index (χ2n) is 5.51. The first-order valence-corrected chi connectivity index (χ1v) is 8.04. The third kappa shape index (κ3) is 2.44. The number of aromatic hydroxyl groups is 1. The Morgan fingerprint density at radius 1 is 1.25 bits per heavy atom. The van der Waals surface area contributed by atoms with Gasteiger partial charge in [-0.2, -0.15) is 0 Å². The maximum Gasteiger partial charge on any atom is 0.325 e. The van der Waals surface area contributed by atoms with Crippen molar-refractivity contribution in [2.24, 2.45) is 0 Å². The Morgan fingerprint density at radius 2 is 1.96 bits per heavy atom. The molecule has 8 heteroatoms. The highest BCUT2D eigenvalue weighted by Gasteiger charge is 2.24. The fourth-order valence-corrected chi connectivity index (χ4v) is 3.79. The number of fused-ring (bicyclic) bond motifs is 3. The molecule has 3 N–H and O–H groups in total. The number of pyridine rings is 2. The van der Waals surface area contributed by atoms with Crippen molar-refractivity contribution in [3.63, 3.8) is 0 Å². The van der Waals surface area contributed by atoms with Crippen LogP contribution in [0.1, 0.15) is 28.8 Å². The summed E-state index contributed by atoms with van der Waals surface area (Å²) in [6.45, 7) is 4.97. The first-order chi connectivity index (χ1) is 11.3. The first-order valence-electron chi connectivity index (χ1n) is 7.22. The Balaban J connectivity index is 2.20. The standard InChI is InChI=1S/C16H15N3O4S/c1-6-10-9-4-5-17-7(2)13(9)24-14(10)12(20)11(18-6)15(21)19-8(3)16(22)23/h4-5,8,20H,1-3H3,(H,19,21)(H,22,23). The van der Waals surface area contributed by atoms with Crippen LogP contribution >= 0.6 is 11.3 Å². The van der Waals surface area contributed by atoms with E-state index in [1.807, 2.05) is 13.0 Å². The molecule has 0 aliphatic rings. The average molecular weight is 345 g/mol. The molecule has 124 valence electrons. The maximum absolute atomic E-state index is 12.3. The number of carbonyl (C=O) groups excluding carboxylic acids is 1. The van der Waals surface area contributed by atoms with Crippen molar-refractivity contribution in [2.45, 2.75) is 26.8 Å². The Labute approximate surface area is 141 Å². The summed E-state index contributed by atoms with van der Waals surface area (Å²) in [6.07, 6.45) is 1.69. The van der Waals surface area contributed by atoms with Crippen molar-refractivity contribution < 1.29 is 19.8 Å². The fraction of sp³-hybridized carbons (Fsp3) is 0.250. The molecule has 0 saturated heterocycles. The fourth-order valence-electron chi connectivity index (χ4n) is 2.55. The van der Waals surface area contributed by atoms with E-state index in [1.165, 1.54) is 18.3 Å². The molecule has 3 aromatic heterocycles. The van der Waals surface area contributed by atoms with E-state index < -0.39 is 17.9 Å². The van der Waals surface area contributed by atoms with Gasteiger partial charge in [0.25, 0.3) is 5.91 Å². The number of nitrogens with zero attached hydrogens (tertiary/aromatic N) is 2. The number of carboxylic acids is 1. The predicted octanol–water partition coefficient (Wildman–Crippen LogP) is 2.37. The van der Waals surface area contributed by atoms with Gasteiger partial charge in [-0.15, -0.1) is 11.3 Å². The highest BCUT2D eigenvalue weighted by Crippen LogP contribution is 2.41. The SMILES string of the molecule is Cc1nccc2c1sc1c(O)c(C(=O)NC(C)C(=O)O)nc(C)c12. The van der Waals surface area contributed by atoms with E-state index in [1.54, 1.807) is 13.1 Å². The van der Waals surface area contributed by atoms with Gasteiger partial charge in [0.2, 0.25) is 0 Å². The molecule has 1 amide bonds. The Morgan fingerprint density at radius 3 is 2.62 bits per heavy atom. The highest BCUT2D eigenvalue weighted by atomic mass is 32.1. The van der Waals surface area contributed by atoms with Gasteiger partial charge in [0, 0.05) is 22.7 Å². The molecule has 0 aliphatic carbocycles. The second kappa shape index (κ2) is 5.72. The number of hydrogen-bond donors (Lipinski definition) is 3. The first kappa shape index (κ1) is 16.1. The van der Waals surface area contributed by atoms with Crippen LogP contribution in [0.3, 0.4) is 0 Å². The molecule has 0 aliphatic heterocycles. The van der Waals surface area contributed by atoms with Crippen LogP contribution < -0.4 is 5.32 Å². The van der Waals surface area contributed by atoms with E-state index >= 15 is 0 Å². The Hall–Kier alpha value is -2.74. The largest absolute Gasteiger partial charge is 0.504 e. The van der Waals surface area contributed by atoms with Crippen LogP contribution in [0.4, 0.5) is 0 Å². The number of hydrogen-bond acceptors (Lipinski definition) is 6. The normalized spacial score (nSPS) is 12.5. The lowest BCUT2D eigenvalue weighted by molar-refractivity contribution is -0.138. The van der Waals surface area contributed by atoms with Gasteiger partial charge in [-0.25, -0.2) is 4.98 Å². The van der Waals surface area contributed by atoms with Gasteiger partial charge in [0.15, 0.2) is 11.4 Å². The molecule has 1 atom stereocenters. The van der Waals surface area contributed by atoms with Gasteiger partial charge in [-0.3, -0.25) is 14.6 Å². The molecular formula is C16H15N3O4S. The number of nitrogens with one attached hydrogen (secondary N) is 1. The number of amides is 1. The van der Waals surface area contributed by atoms with Gasteiger partial charge < -0.3 is 15.5 Å². The molecule has 24 heavy (non-hydrogen) atoms. The third-order valence-electron chi connectivity index (χ3n) is 3.80. The molecule has 0 spiro atoms. The topological polar surface area (TPSA) is 112 Å². The summed E-state index contributed by atoms with van der Waals surface area (Å²) in [6, 6.07) is 0.769. The van der Waals surface area contributed by atoms with Gasteiger partial charge in [0.05, 0.1) is 15.1 Å². The van der Waals surface area contributed by atoms with E-state index in [9.17, 15) is 14.7 Å². The van der Waals surface area contributed by atoms with E-state index in [2.05, 4.69) is 15.3 Å². The summed E-state index contributed by atoms with van der Waals surface area (Å²) < 4.78 is 1.46. The highest BCUT2D eigenvalue weighted by molar-refractivity contribution is 7.26. The number of carbonyl (C=O) groups is 2. The van der Waals surface area contributed by atoms with Crippen molar-refractivity contribution >= 4 is 43.4 Å². The smallest absolute Gasteiger partial charge is 0.325 e. The molecule has 0 radical (unpaired) electrons. The lowest BCUT2D eigenvalue weighted by Gasteiger charge is -2.11. The minimum absolute atomic E-state index is 0.176. The summed E-state index contributed by atoms with van der Waals surface area (Å²) in [4.78, 5) is 31.6.